The number of rotatable bonds is 5. The first-order valence-corrected chi connectivity index (χ1v) is 9.70. The summed E-state index contributed by atoms with van der Waals surface area (Å²) < 4.78 is 10.6. The zero-order valence-corrected chi connectivity index (χ0v) is 17.0. The van der Waals surface area contributed by atoms with Crippen molar-refractivity contribution in [2.24, 2.45) is 0 Å². The summed E-state index contributed by atoms with van der Waals surface area (Å²) in [5, 5.41) is 8.69. The van der Waals surface area contributed by atoms with Gasteiger partial charge in [-0.2, -0.15) is 0 Å². The Labute approximate surface area is 175 Å². The average molecular weight is 405 g/mol. The fraction of sp³-hybridized carbons (Fsp3) is 0.273. The second-order valence-corrected chi connectivity index (χ2v) is 6.87. The van der Waals surface area contributed by atoms with Crippen molar-refractivity contribution in [1.82, 2.24) is 20.1 Å². The molecule has 0 spiro atoms. The summed E-state index contributed by atoms with van der Waals surface area (Å²) in [6, 6.07) is 13.0. The minimum absolute atomic E-state index is 0.0198. The lowest BCUT2D eigenvalue weighted by Crippen LogP contribution is -2.49. The highest BCUT2D eigenvalue weighted by molar-refractivity contribution is 5.95. The fourth-order valence-corrected chi connectivity index (χ4v) is 3.45. The molecule has 0 bridgehead atoms. The summed E-state index contributed by atoms with van der Waals surface area (Å²) in [6.45, 7) is 2.61. The molecule has 3 heterocycles. The fourth-order valence-electron chi connectivity index (χ4n) is 3.45. The molecule has 1 aromatic carbocycles. The van der Waals surface area contributed by atoms with Crippen LogP contribution in [0.1, 0.15) is 10.4 Å². The number of pyridine rings is 1. The number of piperazine rings is 1. The van der Waals surface area contributed by atoms with Gasteiger partial charge in [-0.15, -0.1) is 10.2 Å². The molecule has 0 saturated carbocycles. The molecule has 2 aromatic heterocycles. The van der Waals surface area contributed by atoms with E-state index in [4.69, 9.17) is 9.47 Å². The van der Waals surface area contributed by atoms with Crippen LogP contribution in [0.4, 0.5) is 5.82 Å². The molecule has 0 unspecified atom stereocenters. The third-order valence-electron chi connectivity index (χ3n) is 5.13. The zero-order chi connectivity index (χ0) is 20.9. The molecule has 1 amide bonds. The van der Waals surface area contributed by atoms with E-state index in [2.05, 4.69) is 20.1 Å². The van der Waals surface area contributed by atoms with Gasteiger partial charge in [0.25, 0.3) is 5.91 Å². The third-order valence-corrected chi connectivity index (χ3v) is 5.13. The highest BCUT2D eigenvalue weighted by atomic mass is 16.5. The van der Waals surface area contributed by atoms with Crippen LogP contribution in [0.25, 0.3) is 11.3 Å². The van der Waals surface area contributed by atoms with Crippen LogP contribution in [0.3, 0.4) is 0 Å². The molecule has 0 aliphatic carbocycles. The monoisotopic (exact) mass is 405 g/mol. The Hall–Kier alpha value is -3.68. The molecular weight excluding hydrogens is 382 g/mol. The van der Waals surface area contributed by atoms with E-state index >= 15 is 0 Å². The van der Waals surface area contributed by atoms with E-state index in [9.17, 15) is 4.79 Å². The molecule has 1 aliphatic heterocycles. The number of nitrogens with zero attached hydrogens (tertiary/aromatic N) is 5. The van der Waals surface area contributed by atoms with Gasteiger partial charge >= 0.3 is 0 Å². The van der Waals surface area contributed by atoms with Gasteiger partial charge in [-0.3, -0.25) is 9.78 Å². The summed E-state index contributed by atoms with van der Waals surface area (Å²) in [6.07, 6.45) is 3.50. The molecule has 1 saturated heterocycles. The highest BCUT2D eigenvalue weighted by Gasteiger charge is 2.24. The Morgan fingerprint density at radius 1 is 0.933 bits per heavy atom. The van der Waals surface area contributed by atoms with Crippen molar-refractivity contribution in [3.63, 3.8) is 0 Å². The first kappa shape index (κ1) is 19.6. The van der Waals surface area contributed by atoms with Gasteiger partial charge in [0, 0.05) is 49.7 Å². The van der Waals surface area contributed by atoms with Gasteiger partial charge in [0.2, 0.25) is 0 Å². The molecule has 0 radical (unpaired) electrons. The van der Waals surface area contributed by atoms with Crippen LogP contribution in [0.15, 0.2) is 54.9 Å². The minimum Gasteiger partial charge on any atom is -0.493 e. The lowest BCUT2D eigenvalue weighted by Gasteiger charge is -2.35. The predicted molar refractivity (Wildman–Crippen MR) is 113 cm³/mol. The third kappa shape index (κ3) is 4.03. The zero-order valence-electron chi connectivity index (χ0n) is 17.0. The standard InChI is InChI=1S/C22H23N5O3/c1-29-19-7-5-16(14-20(19)30-2)22(28)27-12-10-26(11-13-27)21-8-6-18(24-25-21)17-4-3-9-23-15-17/h3-9,14-15H,10-13H2,1-2H3. The number of amides is 1. The molecule has 8 heteroatoms. The molecule has 8 nitrogen and oxygen atoms in total. The lowest BCUT2D eigenvalue weighted by atomic mass is 10.1. The second-order valence-electron chi connectivity index (χ2n) is 6.87. The van der Waals surface area contributed by atoms with E-state index in [1.54, 1.807) is 44.8 Å². The Kier molecular flexibility index (Phi) is 5.74. The molecule has 4 rings (SSSR count). The van der Waals surface area contributed by atoms with Crippen molar-refractivity contribution >= 4 is 11.7 Å². The van der Waals surface area contributed by atoms with E-state index in [0.29, 0.717) is 43.2 Å². The van der Waals surface area contributed by atoms with Crippen LogP contribution in [-0.2, 0) is 0 Å². The number of aromatic nitrogens is 3. The first-order valence-electron chi connectivity index (χ1n) is 9.70. The maximum absolute atomic E-state index is 12.9. The van der Waals surface area contributed by atoms with Crippen molar-refractivity contribution < 1.29 is 14.3 Å². The van der Waals surface area contributed by atoms with Gasteiger partial charge in [-0.1, -0.05) is 0 Å². The lowest BCUT2D eigenvalue weighted by molar-refractivity contribution is 0.0746. The van der Waals surface area contributed by atoms with Gasteiger partial charge in [0.1, 0.15) is 0 Å². The molecule has 0 atom stereocenters. The summed E-state index contributed by atoms with van der Waals surface area (Å²) in [4.78, 5) is 21.0. The molecule has 154 valence electrons. The smallest absolute Gasteiger partial charge is 0.254 e. The second kappa shape index (κ2) is 8.77. The Morgan fingerprint density at radius 2 is 1.73 bits per heavy atom. The van der Waals surface area contributed by atoms with Crippen molar-refractivity contribution in [2.45, 2.75) is 0 Å². The van der Waals surface area contributed by atoms with Gasteiger partial charge in [0.05, 0.1) is 19.9 Å². The van der Waals surface area contributed by atoms with Crippen LogP contribution in [-0.4, -0.2) is 66.4 Å². The number of benzene rings is 1. The number of ether oxygens (including phenoxy) is 2. The molecule has 0 N–H and O–H groups in total. The highest BCUT2D eigenvalue weighted by Crippen LogP contribution is 2.28. The number of hydrogen-bond acceptors (Lipinski definition) is 7. The van der Waals surface area contributed by atoms with Crippen LogP contribution in [0, 0.1) is 0 Å². The van der Waals surface area contributed by atoms with Crippen LogP contribution >= 0.6 is 0 Å². The summed E-state index contributed by atoms with van der Waals surface area (Å²) >= 11 is 0. The van der Waals surface area contributed by atoms with E-state index in [0.717, 1.165) is 17.1 Å². The topological polar surface area (TPSA) is 80.7 Å². The van der Waals surface area contributed by atoms with Gasteiger partial charge in [-0.25, -0.2) is 0 Å². The maximum atomic E-state index is 12.9. The molecule has 30 heavy (non-hydrogen) atoms. The average Bonchev–Trinajstić information content (AvgIpc) is 2.84. The quantitative estimate of drug-likeness (QED) is 0.645. The van der Waals surface area contributed by atoms with E-state index in [1.165, 1.54) is 0 Å². The Morgan fingerprint density at radius 3 is 2.37 bits per heavy atom. The van der Waals surface area contributed by atoms with Crippen LogP contribution in [0.2, 0.25) is 0 Å². The molecule has 1 aliphatic rings. The summed E-state index contributed by atoms with van der Waals surface area (Å²) in [5.74, 6) is 1.94. The van der Waals surface area contributed by atoms with Crippen LogP contribution < -0.4 is 14.4 Å². The van der Waals surface area contributed by atoms with Crippen molar-refractivity contribution in [1.29, 1.82) is 0 Å². The normalized spacial score (nSPS) is 13.8. The van der Waals surface area contributed by atoms with Gasteiger partial charge in [-0.05, 0) is 42.5 Å². The van der Waals surface area contributed by atoms with Gasteiger partial charge < -0.3 is 19.3 Å². The largest absolute Gasteiger partial charge is 0.493 e. The number of hydrogen-bond donors (Lipinski definition) is 0. The number of carbonyl (C=O) groups is 1. The van der Waals surface area contributed by atoms with Crippen molar-refractivity contribution in [3.8, 4) is 22.8 Å². The van der Waals surface area contributed by atoms with Crippen molar-refractivity contribution in [2.75, 3.05) is 45.3 Å². The minimum atomic E-state index is -0.0198. The summed E-state index contributed by atoms with van der Waals surface area (Å²) in [7, 11) is 3.14. The maximum Gasteiger partial charge on any atom is 0.254 e. The van der Waals surface area contributed by atoms with Crippen LogP contribution in [0.5, 0.6) is 11.5 Å². The Balaban J connectivity index is 1.39. The molecular formula is C22H23N5O3. The van der Waals surface area contributed by atoms with E-state index < -0.39 is 0 Å². The van der Waals surface area contributed by atoms with E-state index in [1.807, 2.05) is 29.2 Å². The first-order chi connectivity index (χ1) is 14.7. The molecule has 3 aromatic rings. The molecule has 1 fully saturated rings. The number of anilines is 1. The van der Waals surface area contributed by atoms with Crippen molar-refractivity contribution in [3.05, 3.63) is 60.4 Å². The van der Waals surface area contributed by atoms with Gasteiger partial charge in [0.15, 0.2) is 17.3 Å². The Bertz CT molecular complexity index is 1000. The summed E-state index contributed by atoms with van der Waals surface area (Å²) in [5.41, 5.74) is 2.30. The predicted octanol–water partition coefficient (Wildman–Crippen LogP) is 2.52. The SMILES string of the molecule is COc1ccc(C(=O)N2CCN(c3ccc(-c4cccnc4)nn3)CC2)cc1OC. The number of carbonyl (C=O) groups excluding carboxylic acids is 1. The number of methoxy groups -OCH3 is 2. The van der Waals surface area contributed by atoms with E-state index in [-0.39, 0.29) is 5.91 Å².